The second kappa shape index (κ2) is 8.62. The van der Waals surface area contributed by atoms with Crippen LogP contribution in [0.3, 0.4) is 0 Å². The Morgan fingerprint density at radius 1 is 0.971 bits per heavy atom. The maximum Gasteiger partial charge on any atom is 0.259 e. The highest BCUT2D eigenvalue weighted by atomic mass is 127. The van der Waals surface area contributed by atoms with E-state index in [0.717, 1.165) is 33.1 Å². The minimum atomic E-state index is -0.556. The summed E-state index contributed by atoms with van der Waals surface area (Å²) >= 11 is 1.95. The number of hydrogen-bond donors (Lipinski definition) is 2. The molecule has 1 amide bonds. The molecule has 2 heterocycles. The van der Waals surface area contributed by atoms with E-state index in [0.29, 0.717) is 20.7 Å². The van der Waals surface area contributed by atoms with Gasteiger partial charge in [-0.05, 0) is 69.8 Å². The highest BCUT2D eigenvalue weighted by Crippen LogP contribution is 2.33. The van der Waals surface area contributed by atoms with Crippen molar-refractivity contribution in [1.29, 1.82) is 0 Å². The normalized spacial score (nSPS) is 11.3. The molecule has 0 spiro atoms. The Labute approximate surface area is 212 Å². The van der Waals surface area contributed by atoms with Crippen LogP contribution in [0.5, 0.6) is 0 Å². The Kier molecular flexibility index (Phi) is 5.29. The smallest absolute Gasteiger partial charge is 0.259 e. The van der Waals surface area contributed by atoms with Crippen molar-refractivity contribution in [3.05, 3.63) is 100 Å². The van der Waals surface area contributed by atoms with Crippen LogP contribution in [0.2, 0.25) is 0 Å². The third-order valence-corrected chi connectivity index (χ3v) is 6.65. The van der Waals surface area contributed by atoms with E-state index in [1.54, 1.807) is 30.5 Å². The number of hydrogen-bond acceptors (Lipinski definition) is 4. The lowest BCUT2D eigenvalue weighted by molar-refractivity contribution is 0.102. The number of benzene rings is 4. The maximum atomic E-state index is 14.1. The van der Waals surface area contributed by atoms with Crippen LogP contribution in [0.15, 0.2) is 89.5 Å². The molecule has 35 heavy (non-hydrogen) atoms. The van der Waals surface area contributed by atoms with Crippen molar-refractivity contribution in [3.63, 3.8) is 0 Å². The number of anilines is 1. The third-order valence-electron chi connectivity index (χ3n) is 5.75. The molecule has 6 nitrogen and oxygen atoms in total. The molecule has 2 aromatic heterocycles. The summed E-state index contributed by atoms with van der Waals surface area (Å²) in [5.41, 5.74) is 4.34. The molecule has 0 atom stereocenters. The molecule has 0 fully saturated rings. The Bertz CT molecular complexity index is 1650. The summed E-state index contributed by atoms with van der Waals surface area (Å²) in [7, 11) is 0. The van der Waals surface area contributed by atoms with Crippen molar-refractivity contribution in [3.8, 4) is 22.7 Å². The molecular weight excluding hydrogens is 558 g/mol. The molecule has 0 aliphatic carbocycles. The molecule has 170 valence electrons. The first-order valence-corrected chi connectivity index (χ1v) is 11.8. The van der Waals surface area contributed by atoms with E-state index < -0.39 is 11.7 Å². The summed E-state index contributed by atoms with van der Waals surface area (Å²) in [6.45, 7) is 0. The number of carbonyl (C=O) groups is 1. The number of halogens is 2. The van der Waals surface area contributed by atoms with Gasteiger partial charge in [-0.25, -0.2) is 9.37 Å². The summed E-state index contributed by atoms with van der Waals surface area (Å²) < 4.78 is 20.7. The first-order chi connectivity index (χ1) is 17.1. The van der Waals surface area contributed by atoms with Crippen molar-refractivity contribution >= 4 is 56.1 Å². The number of nitrogens with one attached hydrogen (secondary N) is 2. The highest BCUT2D eigenvalue weighted by Gasteiger charge is 2.18. The quantitative estimate of drug-likeness (QED) is 0.222. The van der Waals surface area contributed by atoms with Crippen LogP contribution >= 0.6 is 22.6 Å². The van der Waals surface area contributed by atoms with Gasteiger partial charge in [0.05, 0.1) is 23.0 Å². The number of nitrogens with zero attached hydrogens (tertiary/aromatic N) is 2. The second-order valence-corrected chi connectivity index (χ2v) is 9.14. The zero-order chi connectivity index (χ0) is 23.9. The number of H-pyrrole nitrogens is 1. The van der Waals surface area contributed by atoms with Gasteiger partial charge in [0.2, 0.25) is 5.89 Å². The van der Waals surface area contributed by atoms with Crippen LogP contribution in [0.1, 0.15) is 10.4 Å². The number of fused-ring (bicyclic) bond motifs is 2. The Balaban J connectivity index is 1.29. The van der Waals surface area contributed by atoms with Crippen LogP contribution in [-0.2, 0) is 0 Å². The van der Waals surface area contributed by atoms with Crippen LogP contribution in [0, 0.1) is 9.39 Å². The van der Waals surface area contributed by atoms with Gasteiger partial charge in [0.15, 0.2) is 5.58 Å². The average molecular weight is 574 g/mol. The Hall–Kier alpha value is -4.05. The minimum absolute atomic E-state index is 0.0247. The van der Waals surface area contributed by atoms with Crippen LogP contribution in [-0.4, -0.2) is 21.1 Å². The van der Waals surface area contributed by atoms with E-state index >= 15 is 0 Å². The molecule has 6 rings (SSSR count). The lowest BCUT2D eigenvalue weighted by Crippen LogP contribution is -2.15. The number of aromatic nitrogens is 3. The summed E-state index contributed by atoms with van der Waals surface area (Å²) in [5.74, 6) is -0.591. The van der Waals surface area contributed by atoms with Gasteiger partial charge >= 0.3 is 0 Å². The molecule has 0 saturated carbocycles. The molecule has 0 aliphatic heterocycles. The van der Waals surface area contributed by atoms with Gasteiger partial charge in [0.25, 0.3) is 5.91 Å². The second-order valence-electron chi connectivity index (χ2n) is 7.97. The molecule has 2 N–H and O–H groups in total. The van der Waals surface area contributed by atoms with E-state index in [1.807, 2.05) is 71.1 Å². The van der Waals surface area contributed by atoms with Crippen molar-refractivity contribution in [2.45, 2.75) is 0 Å². The molecule has 8 heteroatoms. The minimum Gasteiger partial charge on any atom is -0.436 e. The average Bonchev–Trinajstić information content (AvgIpc) is 3.50. The number of rotatable bonds is 4. The van der Waals surface area contributed by atoms with E-state index in [1.165, 1.54) is 6.07 Å². The van der Waals surface area contributed by atoms with E-state index in [4.69, 9.17) is 4.42 Å². The zero-order valence-electron chi connectivity index (χ0n) is 18.0. The van der Waals surface area contributed by atoms with E-state index in [9.17, 15) is 9.18 Å². The topological polar surface area (TPSA) is 83.8 Å². The SMILES string of the molecule is O=C(Nc1ccc(-c2[nH]ncc2-c2nc3cc4ccccc4cc3o2)cc1)c1c(F)cccc1I. The molecule has 0 bridgehead atoms. The predicted molar refractivity (Wildman–Crippen MR) is 142 cm³/mol. The van der Waals surface area contributed by atoms with Crippen LogP contribution in [0.4, 0.5) is 10.1 Å². The van der Waals surface area contributed by atoms with Gasteiger partial charge in [-0.3, -0.25) is 9.89 Å². The molecule has 4 aromatic carbocycles. The summed E-state index contributed by atoms with van der Waals surface area (Å²) in [6.07, 6.45) is 1.68. The lowest BCUT2D eigenvalue weighted by Gasteiger charge is -2.09. The highest BCUT2D eigenvalue weighted by molar-refractivity contribution is 14.1. The number of oxazole rings is 1. The number of aromatic amines is 1. The zero-order valence-corrected chi connectivity index (χ0v) is 20.2. The maximum absolute atomic E-state index is 14.1. The summed E-state index contributed by atoms with van der Waals surface area (Å²) in [5, 5.41) is 12.1. The van der Waals surface area contributed by atoms with Crippen molar-refractivity contribution in [1.82, 2.24) is 15.2 Å². The van der Waals surface area contributed by atoms with Gasteiger partial charge in [-0.15, -0.1) is 0 Å². The van der Waals surface area contributed by atoms with Gasteiger partial charge in [-0.2, -0.15) is 5.10 Å². The predicted octanol–water partition coefficient (Wildman–Crippen LogP) is 7.03. The van der Waals surface area contributed by atoms with Crippen molar-refractivity contribution in [2.75, 3.05) is 5.32 Å². The fourth-order valence-corrected chi connectivity index (χ4v) is 4.74. The molecule has 0 saturated heterocycles. The van der Waals surface area contributed by atoms with Crippen molar-refractivity contribution in [2.24, 2.45) is 0 Å². The van der Waals surface area contributed by atoms with Crippen molar-refractivity contribution < 1.29 is 13.6 Å². The fraction of sp³-hybridized carbons (Fsp3) is 0. The first kappa shape index (κ1) is 21.5. The van der Waals surface area contributed by atoms with E-state index in [-0.39, 0.29) is 5.56 Å². The molecule has 0 aliphatic rings. The fourth-order valence-electron chi connectivity index (χ4n) is 4.02. The molecule has 6 aromatic rings. The monoisotopic (exact) mass is 574 g/mol. The number of carbonyl (C=O) groups excluding carboxylic acids is 1. The standard InChI is InChI=1S/C27H16FIN4O2/c28-20-6-3-7-21(29)24(20)26(34)31-18-10-8-15(9-11-18)25-19(14-30-33-25)27-32-22-12-16-4-1-2-5-17(16)13-23(22)35-27/h1-14H,(H,30,33)(H,31,34). The first-order valence-electron chi connectivity index (χ1n) is 10.8. The van der Waals surface area contributed by atoms with Gasteiger partial charge in [-0.1, -0.05) is 42.5 Å². The van der Waals surface area contributed by atoms with Crippen LogP contribution < -0.4 is 5.32 Å². The van der Waals surface area contributed by atoms with Gasteiger partial charge < -0.3 is 9.73 Å². The molecule has 0 unspecified atom stereocenters. The molecular formula is C27H16FIN4O2. The lowest BCUT2D eigenvalue weighted by atomic mass is 10.1. The summed E-state index contributed by atoms with van der Waals surface area (Å²) in [4.78, 5) is 17.3. The van der Waals surface area contributed by atoms with Crippen LogP contribution in [0.25, 0.3) is 44.6 Å². The summed E-state index contributed by atoms with van der Waals surface area (Å²) in [6, 6.07) is 23.8. The Morgan fingerprint density at radius 3 is 2.51 bits per heavy atom. The van der Waals surface area contributed by atoms with Gasteiger partial charge in [0.1, 0.15) is 11.3 Å². The van der Waals surface area contributed by atoms with Gasteiger partial charge in [0, 0.05) is 14.8 Å². The number of amides is 1. The largest absolute Gasteiger partial charge is 0.436 e. The Morgan fingerprint density at radius 2 is 1.74 bits per heavy atom. The molecule has 0 radical (unpaired) electrons. The van der Waals surface area contributed by atoms with E-state index in [2.05, 4.69) is 20.5 Å². The third kappa shape index (κ3) is 3.95.